The molecule has 9 atom stereocenters. The van der Waals surface area contributed by atoms with E-state index in [1.165, 1.54) is 44.6 Å². The van der Waals surface area contributed by atoms with Gasteiger partial charge in [0.15, 0.2) is 16.8 Å². The first-order chi connectivity index (χ1) is 27.8. The van der Waals surface area contributed by atoms with E-state index in [4.69, 9.17) is 18.6 Å². The smallest absolute Gasteiger partial charge is 0.311 e. The molecular formula is C50H64O9. The number of phenolic OH excluding ortho intramolecular Hbond substituents is 2. The lowest BCUT2D eigenvalue weighted by atomic mass is 9.42. The maximum absolute atomic E-state index is 13.4. The number of aromatic hydroxyl groups is 2. The van der Waals surface area contributed by atoms with Crippen molar-refractivity contribution in [2.45, 2.75) is 138 Å². The van der Waals surface area contributed by atoms with Gasteiger partial charge in [0.1, 0.15) is 23.0 Å². The quantitative estimate of drug-likeness (QED) is 0.104. The standard InChI is InChI=1S/C50H64O9/c1-46(2)37-20-23-48(5)28-30-14-16-36-47(3,4)40(22-24-49(36,6)31(30)15-17-38(48)50(37,7)25-21-39(46)56-8)59-42(54)19-18-41(53)57-35-27-33(52)43-32(51)26-34(58-45(43)44(35)55)29-12-10-9-11-13-29/h9-14,26-27,31,36-40,52,55H,15-25,28H2,1-8H3/t31-,36-,37-,38-,39-,40+,48-,49+,50-/m0/s1. The van der Waals surface area contributed by atoms with Crippen LogP contribution in [0.15, 0.2) is 63.3 Å². The Morgan fingerprint density at radius 1 is 0.780 bits per heavy atom. The number of esters is 2. The lowest BCUT2D eigenvalue weighted by Crippen LogP contribution is -2.58. The van der Waals surface area contributed by atoms with Crippen LogP contribution in [0.4, 0.5) is 0 Å². The zero-order valence-corrected chi connectivity index (χ0v) is 36.3. The van der Waals surface area contributed by atoms with Crippen LogP contribution < -0.4 is 10.2 Å². The lowest BCUT2D eigenvalue weighted by Gasteiger charge is -2.64. The average molecular weight is 809 g/mol. The molecule has 0 bridgehead atoms. The summed E-state index contributed by atoms with van der Waals surface area (Å²) in [6.45, 7) is 17.2. The van der Waals surface area contributed by atoms with Gasteiger partial charge in [0.25, 0.3) is 0 Å². The number of carbonyl (C=O) groups excluding carboxylic acids is 2. The molecule has 5 aliphatic rings. The van der Waals surface area contributed by atoms with Crippen molar-refractivity contribution in [1.82, 2.24) is 0 Å². The van der Waals surface area contributed by atoms with Crippen LogP contribution in [0.1, 0.15) is 126 Å². The van der Waals surface area contributed by atoms with Crippen LogP contribution in [0.3, 0.4) is 0 Å². The zero-order valence-electron chi connectivity index (χ0n) is 36.3. The van der Waals surface area contributed by atoms with Gasteiger partial charge in [-0.2, -0.15) is 0 Å². The summed E-state index contributed by atoms with van der Waals surface area (Å²) in [5.74, 6) is -0.359. The second kappa shape index (κ2) is 14.8. The van der Waals surface area contributed by atoms with Crippen LogP contribution in [-0.2, 0) is 19.1 Å². The van der Waals surface area contributed by atoms with Gasteiger partial charge < -0.3 is 28.8 Å². The molecule has 0 unspecified atom stereocenters. The number of methoxy groups -OCH3 is 1. The maximum atomic E-state index is 13.4. The molecule has 4 saturated carbocycles. The summed E-state index contributed by atoms with van der Waals surface area (Å²) in [5, 5.41) is 21.4. The summed E-state index contributed by atoms with van der Waals surface area (Å²) >= 11 is 0. The van der Waals surface area contributed by atoms with E-state index in [1.807, 2.05) is 13.2 Å². The molecule has 0 amide bonds. The Kier molecular flexibility index (Phi) is 10.4. The first kappa shape index (κ1) is 41.6. The third-order valence-electron chi connectivity index (χ3n) is 17.1. The van der Waals surface area contributed by atoms with E-state index in [1.54, 1.807) is 29.8 Å². The van der Waals surface area contributed by atoms with Gasteiger partial charge in [-0.25, -0.2) is 0 Å². The summed E-state index contributed by atoms with van der Waals surface area (Å²) in [5.41, 5.74) is 2.00. The molecule has 1 aromatic heterocycles. The predicted molar refractivity (Wildman–Crippen MR) is 227 cm³/mol. The van der Waals surface area contributed by atoms with E-state index in [0.29, 0.717) is 46.2 Å². The third-order valence-corrected chi connectivity index (χ3v) is 17.1. The van der Waals surface area contributed by atoms with Crippen molar-refractivity contribution in [2.24, 2.45) is 50.7 Å². The second-order valence-electron chi connectivity index (χ2n) is 20.9. The molecule has 318 valence electrons. The Morgan fingerprint density at radius 3 is 2.19 bits per heavy atom. The van der Waals surface area contributed by atoms with Gasteiger partial charge in [-0.05, 0) is 110 Å². The van der Waals surface area contributed by atoms with Crippen LogP contribution in [-0.4, -0.2) is 41.5 Å². The molecular weight excluding hydrogens is 745 g/mol. The van der Waals surface area contributed by atoms with Crippen molar-refractivity contribution >= 4 is 22.9 Å². The Labute approximate surface area is 348 Å². The number of fused-ring (bicyclic) bond motifs is 7. The molecule has 0 radical (unpaired) electrons. The number of allylic oxidation sites excluding steroid dienone is 2. The zero-order chi connectivity index (χ0) is 42.3. The van der Waals surface area contributed by atoms with Gasteiger partial charge in [-0.1, -0.05) is 90.4 Å². The Morgan fingerprint density at radius 2 is 1.46 bits per heavy atom. The van der Waals surface area contributed by atoms with Gasteiger partial charge in [-0.3, -0.25) is 14.4 Å². The minimum Gasteiger partial charge on any atom is -0.507 e. The number of carbonyl (C=O) groups is 2. The minimum absolute atomic E-state index is 0.103. The molecule has 3 aromatic rings. The van der Waals surface area contributed by atoms with Gasteiger partial charge in [0.05, 0.1) is 18.9 Å². The van der Waals surface area contributed by atoms with Crippen molar-refractivity contribution in [3.8, 4) is 28.6 Å². The van der Waals surface area contributed by atoms with E-state index in [-0.39, 0.29) is 57.7 Å². The Balaban J connectivity index is 0.923. The molecule has 0 spiro atoms. The minimum atomic E-state index is -0.795. The van der Waals surface area contributed by atoms with E-state index in [9.17, 15) is 24.6 Å². The van der Waals surface area contributed by atoms with E-state index in [0.717, 1.165) is 31.7 Å². The molecule has 1 heterocycles. The number of ether oxygens (including phenoxy) is 3. The highest BCUT2D eigenvalue weighted by Crippen LogP contribution is 2.70. The topological polar surface area (TPSA) is 132 Å². The lowest BCUT2D eigenvalue weighted by molar-refractivity contribution is -0.178. The molecule has 59 heavy (non-hydrogen) atoms. The maximum Gasteiger partial charge on any atom is 0.311 e. The van der Waals surface area contributed by atoms with Crippen LogP contribution in [0.2, 0.25) is 0 Å². The molecule has 0 saturated heterocycles. The molecule has 9 heteroatoms. The van der Waals surface area contributed by atoms with E-state index >= 15 is 0 Å². The van der Waals surface area contributed by atoms with Crippen molar-refractivity contribution in [3.63, 3.8) is 0 Å². The molecule has 5 aliphatic carbocycles. The fourth-order valence-electron chi connectivity index (χ4n) is 14.2. The van der Waals surface area contributed by atoms with Crippen molar-refractivity contribution < 1.29 is 38.4 Å². The van der Waals surface area contributed by atoms with Crippen LogP contribution >= 0.6 is 0 Å². The van der Waals surface area contributed by atoms with Gasteiger partial charge in [0, 0.05) is 30.2 Å². The second-order valence-corrected chi connectivity index (χ2v) is 20.9. The molecule has 2 aromatic carbocycles. The SMILES string of the molecule is CO[C@H]1CC[C@@]2(C)[C@@H](CC[C@@]3(C)CC4=CC[C@H]5C(C)(C)[C@H](OC(=O)CCC(=O)Oc6cc(O)c7c(=O)cc(-c8ccccc8)oc7c6O)CC[C@]5(C)[C@H]4CC[C@@H]32)C1(C)C. The van der Waals surface area contributed by atoms with E-state index < -0.39 is 28.9 Å². The largest absolute Gasteiger partial charge is 0.507 e. The van der Waals surface area contributed by atoms with Crippen LogP contribution in [0.5, 0.6) is 17.2 Å². The third kappa shape index (κ3) is 6.82. The van der Waals surface area contributed by atoms with Gasteiger partial charge in [-0.15, -0.1) is 0 Å². The van der Waals surface area contributed by atoms with E-state index in [2.05, 4.69) is 54.5 Å². The molecule has 0 aliphatic heterocycles. The van der Waals surface area contributed by atoms with Crippen molar-refractivity contribution in [1.29, 1.82) is 0 Å². The number of phenols is 2. The van der Waals surface area contributed by atoms with Crippen molar-refractivity contribution in [2.75, 3.05) is 7.11 Å². The fourth-order valence-corrected chi connectivity index (χ4v) is 14.2. The first-order valence-corrected chi connectivity index (χ1v) is 22.0. The summed E-state index contributed by atoms with van der Waals surface area (Å²) < 4.78 is 23.5. The van der Waals surface area contributed by atoms with Crippen molar-refractivity contribution in [3.05, 3.63) is 64.3 Å². The monoisotopic (exact) mass is 808 g/mol. The number of benzene rings is 2. The molecule has 9 nitrogen and oxygen atoms in total. The molecule has 2 N–H and O–H groups in total. The summed E-state index contributed by atoms with van der Waals surface area (Å²) in [4.78, 5) is 39.3. The predicted octanol–water partition coefficient (Wildman–Crippen LogP) is 10.9. The van der Waals surface area contributed by atoms with Gasteiger partial charge in [0.2, 0.25) is 5.75 Å². The highest BCUT2D eigenvalue weighted by Gasteiger charge is 2.63. The average Bonchev–Trinajstić information content (AvgIpc) is 3.34. The normalized spacial score (nSPS) is 34.5. The number of rotatable bonds is 7. The van der Waals surface area contributed by atoms with Gasteiger partial charge >= 0.3 is 11.9 Å². The summed E-state index contributed by atoms with van der Waals surface area (Å²) in [6, 6.07) is 11.1. The number of hydrogen-bond acceptors (Lipinski definition) is 9. The first-order valence-electron chi connectivity index (χ1n) is 22.0. The summed E-state index contributed by atoms with van der Waals surface area (Å²) in [7, 11) is 1.90. The molecule has 8 rings (SSSR count). The summed E-state index contributed by atoms with van der Waals surface area (Å²) in [6.07, 6.45) is 13.5. The fraction of sp³-hybridized carbons (Fsp3) is 0.620. The highest BCUT2D eigenvalue weighted by atomic mass is 16.6. The highest BCUT2D eigenvalue weighted by molar-refractivity contribution is 5.92. The Bertz CT molecular complexity index is 2220. The Hall–Kier alpha value is -4.11. The van der Waals surface area contributed by atoms with Crippen LogP contribution in [0.25, 0.3) is 22.3 Å². The number of hydrogen-bond donors (Lipinski definition) is 2. The molecule has 4 fully saturated rings. The van der Waals surface area contributed by atoms with Crippen LogP contribution in [0, 0.1) is 50.7 Å².